The summed E-state index contributed by atoms with van der Waals surface area (Å²) in [6.07, 6.45) is 9.45. The largest absolute Gasteiger partial charge is 0.330 e. The molecule has 0 aromatic carbocycles. The molecular weight excluding hydrogens is 208 g/mol. The molecule has 0 saturated carbocycles. The summed E-state index contributed by atoms with van der Waals surface area (Å²) in [7, 11) is 0. The molecule has 0 aromatic heterocycles. The molecule has 2 heteroatoms. The average Bonchev–Trinajstić information content (AvgIpc) is 2.44. The monoisotopic (exact) mass is 240 g/mol. The Labute approximate surface area is 108 Å². The first kappa shape index (κ1) is 15.0. The Bertz CT molecular complexity index is 201. The van der Waals surface area contributed by atoms with Crippen molar-refractivity contribution in [3.8, 4) is 0 Å². The van der Waals surface area contributed by atoms with Crippen LogP contribution in [0.1, 0.15) is 65.7 Å². The Morgan fingerprint density at radius 1 is 1.18 bits per heavy atom. The summed E-state index contributed by atoms with van der Waals surface area (Å²) in [4.78, 5) is 2.70. The molecule has 102 valence electrons. The van der Waals surface area contributed by atoms with Crippen LogP contribution in [0.25, 0.3) is 0 Å². The van der Waals surface area contributed by atoms with Gasteiger partial charge in [-0.25, -0.2) is 0 Å². The second-order valence-corrected chi connectivity index (χ2v) is 6.54. The molecule has 1 aliphatic heterocycles. The second-order valence-electron chi connectivity index (χ2n) is 6.54. The summed E-state index contributed by atoms with van der Waals surface area (Å²) in [6, 6.07) is 0.801. The molecule has 1 heterocycles. The highest BCUT2D eigenvalue weighted by Gasteiger charge is 2.19. The van der Waals surface area contributed by atoms with Crippen molar-refractivity contribution >= 4 is 0 Å². The van der Waals surface area contributed by atoms with Crippen LogP contribution in [0.4, 0.5) is 0 Å². The topological polar surface area (TPSA) is 29.3 Å². The zero-order valence-corrected chi connectivity index (χ0v) is 12.2. The van der Waals surface area contributed by atoms with Crippen molar-refractivity contribution < 1.29 is 0 Å². The highest BCUT2D eigenvalue weighted by molar-refractivity contribution is 4.74. The lowest BCUT2D eigenvalue weighted by molar-refractivity contribution is 0.193. The summed E-state index contributed by atoms with van der Waals surface area (Å²) in [5, 5.41) is 0. The Balaban J connectivity index is 2.24. The maximum Gasteiger partial charge on any atom is 0.00669 e. The van der Waals surface area contributed by atoms with Crippen LogP contribution in [-0.4, -0.2) is 30.6 Å². The fourth-order valence-corrected chi connectivity index (χ4v) is 2.94. The predicted octanol–water partition coefficient (Wildman–Crippen LogP) is 3.41. The first-order valence-electron chi connectivity index (χ1n) is 7.49. The molecule has 2 nitrogen and oxygen atoms in total. The van der Waals surface area contributed by atoms with E-state index in [0.717, 1.165) is 19.0 Å². The zero-order valence-electron chi connectivity index (χ0n) is 12.2. The van der Waals surface area contributed by atoms with Gasteiger partial charge in [-0.2, -0.15) is 0 Å². The number of likely N-dealkylation sites (tertiary alicyclic amines) is 1. The van der Waals surface area contributed by atoms with Crippen molar-refractivity contribution in [3.05, 3.63) is 0 Å². The van der Waals surface area contributed by atoms with Crippen molar-refractivity contribution in [3.63, 3.8) is 0 Å². The molecule has 17 heavy (non-hydrogen) atoms. The minimum Gasteiger partial charge on any atom is -0.330 e. The van der Waals surface area contributed by atoms with Crippen LogP contribution in [0, 0.1) is 5.41 Å². The molecule has 0 aromatic rings. The number of hydrogen-bond acceptors (Lipinski definition) is 2. The molecule has 0 spiro atoms. The van der Waals surface area contributed by atoms with Crippen LogP contribution in [0.15, 0.2) is 0 Å². The third-order valence-corrected chi connectivity index (χ3v) is 4.31. The molecule has 1 fully saturated rings. The van der Waals surface area contributed by atoms with Gasteiger partial charge in [-0.05, 0) is 64.1 Å². The maximum atomic E-state index is 5.66. The molecule has 0 aliphatic carbocycles. The smallest absolute Gasteiger partial charge is 0.00669 e. The third kappa shape index (κ3) is 5.87. The minimum atomic E-state index is 0.434. The first-order valence-corrected chi connectivity index (χ1v) is 7.49. The Kier molecular flexibility index (Phi) is 6.50. The van der Waals surface area contributed by atoms with Crippen LogP contribution in [0.5, 0.6) is 0 Å². The molecule has 1 aliphatic rings. The predicted molar refractivity (Wildman–Crippen MR) is 76.2 cm³/mol. The van der Waals surface area contributed by atoms with Crippen LogP contribution < -0.4 is 5.73 Å². The van der Waals surface area contributed by atoms with Crippen molar-refractivity contribution in [2.45, 2.75) is 71.8 Å². The third-order valence-electron chi connectivity index (χ3n) is 4.31. The van der Waals surface area contributed by atoms with Crippen LogP contribution in [0.3, 0.4) is 0 Å². The van der Waals surface area contributed by atoms with E-state index in [4.69, 9.17) is 5.73 Å². The molecular formula is C15H32N2. The molecule has 0 amide bonds. The van der Waals surface area contributed by atoms with Gasteiger partial charge in [0.1, 0.15) is 0 Å². The van der Waals surface area contributed by atoms with Crippen molar-refractivity contribution in [1.82, 2.24) is 4.90 Å². The molecule has 0 bridgehead atoms. The first-order chi connectivity index (χ1) is 8.05. The van der Waals surface area contributed by atoms with Gasteiger partial charge in [0.25, 0.3) is 0 Å². The fourth-order valence-electron chi connectivity index (χ4n) is 2.94. The van der Waals surface area contributed by atoms with Gasteiger partial charge in [-0.1, -0.05) is 26.7 Å². The quantitative estimate of drug-likeness (QED) is 0.771. The normalized spacial score (nSPS) is 23.6. The lowest BCUT2D eigenvalue weighted by Gasteiger charge is -2.29. The van der Waals surface area contributed by atoms with Gasteiger partial charge < -0.3 is 10.6 Å². The van der Waals surface area contributed by atoms with Crippen molar-refractivity contribution in [1.29, 1.82) is 0 Å². The van der Waals surface area contributed by atoms with Gasteiger partial charge in [0, 0.05) is 6.04 Å². The fraction of sp³-hybridized carbons (Fsp3) is 1.00. The summed E-state index contributed by atoms with van der Waals surface area (Å²) in [6.45, 7) is 10.5. The Morgan fingerprint density at radius 2 is 1.94 bits per heavy atom. The van der Waals surface area contributed by atoms with E-state index in [1.807, 2.05) is 0 Å². The molecule has 1 saturated heterocycles. The molecule has 2 N–H and O–H groups in total. The van der Waals surface area contributed by atoms with E-state index in [0.29, 0.717) is 5.41 Å². The van der Waals surface area contributed by atoms with Crippen molar-refractivity contribution in [2.24, 2.45) is 11.1 Å². The minimum absolute atomic E-state index is 0.434. The van der Waals surface area contributed by atoms with Crippen LogP contribution >= 0.6 is 0 Å². The molecule has 1 unspecified atom stereocenters. The van der Waals surface area contributed by atoms with Gasteiger partial charge in [-0.15, -0.1) is 0 Å². The van der Waals surface area contributed by atoms with E-state index in [1.54, 1.807) is 0 Å². The molecule has 1 rings (SSSR count). The lowest BCUT2D eigenvalue weighted by atomic mass is 9.84. The van der Waals surface area contributed by atoms with Crippen LogP contribution in [-0.2, 0) is 0 Å². The van der Waals surface area contributed by atoms with Crippen molar-refractivity contribution in [2.75, 3.05) is 19.6 Å². The highest BCUT2D eigenvalue weighted by Crippen LogP contribution is 2.26. The Morgan fingerprint density at radius 3 is 2.65 bits per heavy atom. The van der Waals surface area contributed by atoms with Gasteiger partial charge in [0.2, 0.25) is 0 Å². The summed E-state index contributed by atoms with van der Waals surface area (Å²) < 4.78 is 0. The second kappa shape index (κ2) is 7.38. The van der Waals surface area contributed by atoms with Gasteiger partial charge in [0.05, 0.1) is 0 Å². The number of nitrogens with zero attached hydrogens (tertiary/aromatic N) is 1. The van der Waals surface area contributed by atoms with E-state index in [2.05, 4.69) is 25.7 Å². The number of rotatable bonds is 6. The number of nitrogens with two attached hydrogens (primary N) is 1. The van der Waals surface area contributed by atoms with Gasteiger partial charge >= 0.3 is 0 Å². The van der Waals surface area contributed by atoms with E-state index in [1.165, 1.54) is 51.6 Å². The number of hydrogen-bond donors (Lipinski definition) is 1. The molecule has 1 atom stereocenters. The van der Waals surface area contributed by atoms with Crippen LogP contribution in [0.2, 0.25) is 0 Å². The maximum absolute atomic E-state index is 5.66. The Hall–Kier alpha value is -0.0800. The van der Waals surface area contributed by atoms with E-state index >= 15 is 0 Å². The molecule has 0 radical (unpaired) electrons. The summed E-state index contributed by atoms with van der Waals surface area (Å²) in [5.74, 6) is 0. The SMILES string of the molecule is CC1CCCCCN1CCCC(C)(C)CCN. The standard InChI is InChI=1S/C15H32N2/c1-14-8-5-4-6-12-17(14)13-7-9-15(2,3)10-11-16/h14H,4-13,16H2,1-3H3. The highest BCUT2D eigenvalue weighted by atomic mass is 15.1. The van der Waals surface area contributed by atoms with E-state index < -0.39 is 0 Å². The zero-order chi connectivity index (χ0) is 12.7. The van der Waals surface area contributed by atoms with E-state index in [-0.39, 0.29) is 0 Å². The average molecular weight is 240 g/mol. The lowest BCUT2D eigenvalue weighted by Crippen LogP contribution is -2.34. The summed E-state index contributed by atoms with van der Waals surface area (Å²) in [5.41, 5.74) is 6.10. The van der Waals surface area contributed by atoms with E-state index in [9.17, 15) is 0 Å². The van der Waals surface area contributed by atoms with Gasteiger partial charge in [0.15, 0.2) is 0 Å². The van der Waals surface area contributed by atoms with Gasteiger partial charge in [-0.3, -0.25) is 0 Å². The summed E-state index contributed by atoms with van der Waals surface area (Å²) >= 11 is 0.